The number of hydrogen-bond donors (Lipinski definition) is 2. The Balaban J connectivity index is 2.19. The Morgan fingerprint density at radius 2 is 2.05 bits per heavy atom. The molecular formula is C14H18F4N2. The molecule has 0 radical (unpaired) electrons. The normalized spacial score (nSPS) is 23.7. The average molecular weight is 290 g/mol. The van der Waals surface area contributed by atoms with Crippen LogP contribution in [0.3, 0.4) is 0 Å². The van der Waals surface area contributed by atoms with Crippen molar-refractivity contribution in [2.45, 2.75) is 25.6 Å². The third-order valence-electron chi connectivity index (χ3n) is 3.83. The first-order valence-electron chi connectivity index (χ1n) is 6.63. The lowest BCUT2D eigenvalue weighted by Gasteiger charge is -2.22. The molecule has 6 heteroatoms. The first-order chi connectivity index (χ1) is 9.32. The quantitative estimate of drug-likeness (QED) is 0.818. The van der Waals surface area contributed by atoms with Gasteiger partial charge in [0.25, 0.3) is 0 Å². The lowest BCUT2D eigenvalue weighted by atomic mass is 9.99. The smallest absolute Gasteiger partial charge is 0.329 e. The second-order valence-electron chi connectivity index (χ2n) is 5.40. The maximum atomic E-state index is 13.1. The predicted octanol–water partition coefficient (Wildman–Crippen LogP) is 3.09. The third-order valence-corrected chi connectivity index (χ3v) is 3.83. The van der Waals surface area contributed by atoms with Crippen molar-refractivity contribution in [3.05, 3.63) is 35.1 Å². The molecule has 1 aliphatic carbocycles. The predicted molar refractivity (Wildman–Crippen MR) is 68.5 cm³/mol. The topological polar surface area (TPSA) is 38.0 Å². The van der Waals surface area contributed by atoms with Crippen molar-refractivity contribution in [2.75, 3.05) is 13.1 Å². The molecule has 0 saturated heterocycles. The van der Waals surface area contributed by atoms with E-state index < -0.39 is 23.6 Å². The van der Waals surface area contributed by atoms with Gasteiger partial charge in [-0.05, 0) is 42.5 Å². The second kappa shape index (κ2) is 5.69. The summed E-state index contributed by atoms with van der Waals surface area (Å²) < 4.78 is 52.0. The molecule has 20 heavy (non-hydrogen) atoms. The first-order valence-corrected chi connectivity index (χ1v) is 6.63. The molecule has 3 unspecified atom stereocenters. The lowest BCUT2D eigenvalue weighted by molar-refractivity contribution is -0.138. The van der Waals surface area contributed by atoms with Gasteiger partial charge in [0.1, 0.15) is 5.82 Å². The molecule has 2 rings (SSSR count). The van der Waals surface area contributed by atoms with Crippen molar-refractivity contribution < 1.29 is 17.6 Å². The molecule has 3 atom stereocenters. The highest BCUT2D eigenvalue weighted by molar-refractivity contribution is 5.33. The largest absolute Gasteiger partial charge is 0.416 e. The van der Waals surface area contributed by atoms with E-state index in [4.69, 9.17) is 5.73 Å². The van der Waals surface area contributed by atoms with Gasteiger partial charge in [-0.1, -0.05) is 13.0 Å². The van der Waals surface area contributed by atoms with Crippen LogP contribution in [0.15, 0.2) is 18.2 Å². The van der Waals surface area contributed by atoms with Gasteiger partial charge in [-0.25, -0.2) is 4.39 Å². The van der Waals surface area contributed by atoms with Gasteiger partial charge in [0, 0.05) is 12.6 Å². The van der Waals surface area contributed by atoms with Crippen molar-refractivity contribution >= 4 is 0 Å². The van der Waals surface area contributed by atoms with E-state index in [1.807, 2.05) is 0 Å². The highest BCUT2D eigenvalue weighted by atomic mass is 19.4. The van der Waals surface area contributed by atoms with Crippen LogP contribution >= 0.6 is 0 Å². The van der Waals surface area contributed by atoms with Crippen molar-refractivity contribution in [1.29, 1.82) is 0 Å². The number of nitrogens with two attached hydrogens (primary N) is 1. The van der Waals surface area contributed by atoms with Crippen LogP contribution in [-0.2, 0) is 6.18 Å². The Hall–Kier alpha value is -1.14. The third kappa shape index (κ3) is 3.49. The van der Waals surface area contributed by atoms with Gasteiger partial charge in [-0.2, -0.15) is 13.2 Å². The van der Waals surface area contributed by atoms with E-state index in [1.165, 1.54) is 6.07 Å². The Labute approximate surface area is 115 Å². The summed E-state index contributed by atoms with van der Waals surface area (Å²) in [5.74, 6) is 0.211. The maximum absolute atomic E-state index is 13.1. The molecule has 0 bridgehead atoms. The molecule has 3 N–H and O–H groups in total. The molecule has 2 nitrogen and oxygen atoms in total. The van der Waals surface area contributed by atoms with Crippen LogP contribution in [0.25, 0.3) is 0 Å². The summed E-state index contributed by atoms with van der Waals surface area (Å²) in [5, 5.41) is 3.06. The summed E-state index contributed by atoms with van der Waals surface area (Å²) in [6.07, 6.45) is -3.50. The van der Waals surface area contributed by atoms with E-state index in [-0.39, 0.29) is 12.1 Å². The molecule has 1 aromatic carbocycles. The minimum absolute atomic E-state index is 0.00898. The van der Waals surface area contributed by atoms with E-state index in [0.29, 0.717) is 24.4 Å². The summed E-state index contributed by atoms with van der Waals surface area (Å²) in [4.78, 5) is 0. The molecule has 0 amide bonds. The molecule has 1 aromatic rings. The van der Waals surface area contributed by atoms with Gasteiger partial charge >= 0.3 is 6.18 Å². The molecule has 1 saturated carbocycles. The van der Waals surface area contributed by atoms with Crippen molar-refractivity contribution in [3.63, 3.8) is 0 Å². The minimum Gasteiger partial charge on any atom is -0.329 e. The molecule has 0 spiro atoms. The number of alkyl halides is 3. The summed E-state index contributed by atoms with van der Waals surface area (Å²) in [5.41, 5.74) is 4.63. The first kappa shape index (κ1) is 15.3. The van der Waals surface area contributed by atoms with E-state index in [9.17, 15) is 17.6 Å². The standard InChI is InChI=1S/C14H18F4N2/c1-8-4-9(8)7-20-13(6-19)11-3-2-10(15)5-12(11)14(16,17)18/h2-3,5,8-9,13,20H,4,6-7,19H2,1H3. The monoisotopic (exact) mass is 290 g/mol. The van der Waals surface area contributed by atoms with Crippen LogP contribution in [0.1, 0.15) is 30.5 Å². The van der Waals surface area contributed by atoms with Crippen molar-refractivity contribution in [3.8, 4) is 0 Å². The highest BCUT2D eigenvalue weighted by Gasteiger charge is 2.36. The Bertz CT molecular complexity index is 473. The Kier molecular flexibility index (Phi) is 4.34. The van der Waals surface area contributed by atoms with Crippen LogP contribution in [-0.4, -0.2) is 13.1 Å². The Morgan fingerprint density at radius 3 is 2.55 bits per heavy atom. The highest BCUT2D eigenvalue weighted by Crippen LogP contribution is 2.38. The summed E-state index contributed by atoms with van der Waals surface area (Å²) >= 11 is 0. The molecule has 1 fully saturated rings. The minimum atomic E-state index is -4.58. The number of halogens is 4. The number of nitrogens with one attached hydrogen (secondary N) is 1. The summed E-state index contributed by atoms with van der Waals surface area (Å²) in [6, 6.07) is 2.12. The molecular weight excluding hydrogens is 272 g/mol. The fourth-order valence-electron chi connectivity index (χ4n) is 2.38. The SMILES string of the molecule is CC1CC1CNC(CN)c1ccc(F)cc1C(F)(F)F. The van der Waals surface area contributed by atoms with E-state index in [0.717, 1.165) is 12.5 Å². The van der Waals surface area contributed by atoms with Crippen LogP contribution in [0.5, 0.6) is 0 Å². The molecule has 112 valence electrons. The lowest BCUT2D eigenvalue weighted by Crippen LogP contribution is -2.31. The molecule has 0 aromatic heterocycles. The van der Waals surface area contributed by atoms with E-state index in [1.54, 1.807) is 0 Å². The molecule has 0 aliphatic heterocycles. The fourth-order valence-corrected chi connectivity index (χ4v) is 2.38. The zero-order valence-corrected chi connectivity index (χ0v) is 11.2. The molecule has 1 aliphatic rings. The van der Waals surface area contributed by atoms with Gasteiger partial charge in [0.15, 0.2) is 0 Å². The van der Waals surface area contributed by atoms with Crippen LogP contribution in [0, 0.1) is 17.7 Å². The molecule has 0 heterocycles. The number of hydrogen-bond acceptors (Lipinski definition) is 2. The van der Waals surface area contributed by atoms with Gasteiger partial charge in [-0.3, -0.25) is 0 Å². The number of benzene rings is 1. The van der Waals surface area contributed by atoms with E-state index >= 15 is 0 Å². The summed E-state index contributed by atoms with van der Waals surface area (Å²) in [6.45, 7) is 2.77. The van der Waals surface area contributed by atoms with Gasteiger partial charge < -0.3 is 11.1 Å². The zero-order chi connectivity index (χ0) is 14.9. The Morgan fingerprint density at radius 1 is 1.40 bits per heavy atom. The maximum Gasteiger partial charge on any atom is 0.416 e. The fraction of sp³-hybridized carbons (Fsp3) is 0.571. The van der Waals surface area contributed by atoms with Crippen molar-refractivity contribution in [1.82, 2.24) is 5.32 Å². The number of rotatable bonds is 5. The van der Waals surface area contributed by atoms with Gasteiger partial charge in [-0.15, -0.1) is 0 Å². The second-order valence-corrected chi connectivity index (χ2v) is 5.40. The van der Waals surface area contributed by atoms with Gasteiger partial charge in [0.2, 0.25) is 0 Å². The van der Waals surface area contributed by atoms with E-state index in [2.05, 4.69) is 12.2 Å². The van der Waals surface area contributed by atoms with Gasteiger partial charge in [0.05, 0.1) is 5.56 Å². The average Bonchev–Trinajstić information content (AvgIpc) is 3.06. The van der Waals surface area contributed by atoms with Crippen LogP contribution in [0.4, 0.5) is 17.6 Å². The van der Waals surface area contributed by atoms with Crippen LogP contribution in [0.2, 0.25) is 0 Å². The summed E-state index contributed by atoms with van der Waals surface area (Å²) in [7, 11) is 0. The van der Waals surface area contributed by atoms with Crippen LogP contribution < -0.4 is 11.1 Å². The zero-order valence-electron chi connectivity index (χ0n) is 11.2. The van der Waals surface area contributed by atoms with Crippen molar-refractivity contribution in [2.24, 2.45) is 17.6 Å².